The first-order valence-corrected chi connectivity index (χ1v) is 10.3. The van der Waals surface area contributed by atoms with Crippen LogP contribution in [-0.2, 0) is 6.61 Å². The number of benzene rings is 3. The van der Waals surface area contributed by atoms with Crippen LogP contribution in [0.2, 0.25) is 0 Å². The fourth-order valence-electron chi connectivity index (χ4n) is 4.73. The summed E-state index contributed by atoms with van der Waals surface area (Å²) in [5.74, 6) is 0.0600. The quantitative estimate of drug-likeness (QED) is 0.308. The summed E-state index contributed by atoms with van der Waals surface area (Å²) in [4.78, 5) is 11.2. The van der Waals surface area contributed by atoms with Crippen molar-refractivity contribution in [2.75, 3.05) is 5.32 Å². The standard InChI is InChI=1S/C25H21FN2O3/c26-20-13-14-21(28(29)30)23-17-10-6-11-18(17)24(27-25(20)23)19-9-4-5-12-22(19)31-15-16-7-2-1-3-8-16/h1-10,12-14,17-18,24,27H,11,15H2. The molecule has 0 saturated carbocycles. The molecule has 1 aliphatic carbocycles. The van der Waals surface area contributed by atoms with Gasteiger partial charge in [-0.3, -0.25) is 10.1 Å². The Kier molecular flexibility index (Phi) is 4.90. The molecule has 31 heavy (non-hydrogen) atoms. The second-order valence-corrected chi connectivity index (χ2v) is 7.90. The van der Waals surface area contributed by atoms with Crippen molar-refractivity contribution >= 4 is 11.4 Å². The van der Waals surface area contributed by atoms with Crippen LogP contribution >= 0.6 is 0 Å². The lowest BCUT2D eigenvalue weighted by Crippen LogP contribution is -2.30. The van der Waals surface area contributed by atoms with E-state index >= 15 is 0 Å². The van der Waals surface area contributed by atoms with Gasteiger partial charge >= 0.3 is 0 Å². The molecule has 3 aromatic carbocycles. The predicted octanol–water partition coefficient (Wildman–Crippen LogP) is 6.14. The summed E-state index contributed by atoms with van der Waals surface area (Å²) in [7, 11) is 0. The average Bonchev–Trinajstić information content (AvgIpc) is 3.28. The number of hydrogen-bond acceptors (Lipinski definition) is 4. The van der Waals surface area contributed by atoms with E-state index in [1.165, 1.54) is 6.07 Å². The maximum Gasteiger partial charge on any atom is 0.275 e. The summed E-state index contributed by atoms with van der Waals surface area (Å²) in [6, 6.07) is 19.8. The van der Waals surface area contributed by atoms with Crippen molar-refractivity contribution in [3.05, 3.63) is 112 Å². The lowest BCUT2D eigenvalue weighted by atomic mass is 9.76. The van der Waals surface area contributed by atoms with E-state index < -0.39 is 10.7 Å². The van der Waals surface area contributed by atoms with E-state index in [0.29, 0.717) is 12.2 Å². The molecular weight excluding hydrogens is 395 g/mol. The van der Waals surface area contributed by atoms with E-state index in [0.717, 1.165) is 29.4 Å². The Hall–Kier alpha value is -3.67. The summed E-state index contributed by atoms with van der Waals surface area (Å²) in [5, 5.41) is 14.9. The van der Waals surface area contributed by atoms with Gasteiger partial charge in [0.1, 0.15) is 18.2 Å². The molecule has 3 atom stereocenters. The number of nitro benzene ring substituents is 1. The van der Waals surface area contributed by atoms with Crippen molar-refractivity contribution < 1.29 is 14.1 Å². The molecule has 5 nitrogen and oxygen atoms in total. The Morgan fingerprint density at radius 1 is 1.06 bits per heavy atom. The number of fused-ring (bicyclic) bond motifs is 3. The molecule has 3 aromatic rings. The van der Waals surface area contributed by atoms with E-state index in [9.17, 15) is 14.5 Å². The van der Waals surface area contributed by atoms with Gasteiger partial charge in [0.15, 0.2) is 0 Å². The third kappa shape index (κ3) is 3.44. The second kappa shape index (κ2) is 7.87. The molecule has 1 N–H and O–H groups in total. The number of para-hydroxylation sites is 1. The van der Waals surface area contributed by atoms with E-state index in [1.807, 2.05) is 66.7 Å². The highest BCUT2D eigenvalue weighted by atomic mass is 19.1. The molecule has 0 saturated heterocycles. The van der Waals surface area contributed by atoms with Crippen molar-refractivity contribution in [2.24, 2.45) is 5.92 Å². The summed E-state index contributed by atoms with van der Waals surface area (Å²) in [5.41, 5.74) is 2.58. The van der Waals surface area contributed by atoms with Crippen LogP contribution in [0, 0.1) is 21.8 Å². The van der Waals surface area contributed by atoms with E-state index in [2.05, 4.69) is 5.32 Å². The van der Waals surface area contributed by atoms with Crippen molar-refractivity contribution in [3.8, 4) is 5.75 Å². The average molecular weight is 416 g/mol. The Morgan fingerprint density at radius 2 is 1.84 bits per heavy atom. The van der Waals surface area contributed by atoms with Gasteiger partial charge in [-0.1, -0.05) is 60.7 Å². The first-order valence-electron chi connectivity index (χ1n) is 10.3. The highest BCUT2D eigenvalue weighted by Gasteiger charge is 2.43. The van der Waals surface area contributed by atoms with Crippen LogP contribution in [0.3, 0.4) is 0 Å². The third-order valence-electron chi connectivity index (χ3n) is 6.13. The predicted molar refractivity (Wildman–Crippen MR) is 117 cm³/mol. The first-order chi connectivity index (χ1) is 15.1. The second-order valence-electron chi connectivity index (χ2n) is 7.90. The third-order valence-corrected chi connectivity index (χ3v) is 6.13. The Labute approximate surface area is 179 Å². The van der Waals surface area contributed by atoms with Crippen molar-refractivity contribution in [1.82, 2.24) is 0 Å². The van der Waals surface area contributed by atoms with Crippen LogP contribution in [0.4, 0.5) is 15.8 Å². The van der Waals surface area contributed by atoms with E-state index in [4.69, 9.17) is 4.74 Å². The summed E-state index contributed by atoms with van der Waals surface area (Å²) in [6.07, 6.45) is 4.75. The number of hydrogen-bond donors (Lipinski definition) is 1. The highest BCUT2D eigenvalue weighted by Crippen LogP contribution is 2.54. The number of anilines is 1. The number of allylic oxidation sites excluding steroid dienone is 2. The fourth-order valence-corrected chi connectivity index (χ4v) is 4.73. The molecule has 0 amide bonds. The molecule has 3 unspecified atom stereocenters. The first kappa shape index (κ1) is 19.3. The molecule has 6 heteroatoms. The zero-order valence-electron chi connectivity index (χ0n) is 16.7. The Bertz CT molecular complexity index is 1160. The van der Waals surface area contributed by atoms with E-state index in [-0.39, 0.29) is 29.3 Å². The van der Waals surface area contributed by atoms with Gasteiger partial charge in [0.05, 0.1) is 22.2 Å². The number of rotatable bonds is 5. The SMILES string of the molecule is O=[N+]([O-])c1ccc(F)c2c1C1C=CCC1C(c1ccccc1OCc1ccccc1)N2. The molecule has 0 fully saturated rings. The monoisotopic (exact) mass is 416 g/mol. The van der Waals surface area contributed by atoms with Crippen LogP contribution in [0.5, 0.6) is 5.75 Å². The van der Waals surface area contributed by atoms with Crippen LogP contribution in [0.15, 0.2) is 78.9 Å². The molecule has 0 radical (unpaired) electrons. The minimum absolute atomic E-state index is 0.0366. The molecule has 0 bridgehead atoms. The zero-order chi connectivity index (χ0) is 21.4. The fraction of sp³-hybridized carbons (Fsp3) is 0.200. The molecular formula is C25H21FN2O3. The topological polar surface area (TPSA) is 64.4 Å². The minimum Gasteiger partial charge on any atom is -0.489 e. The van der Waals surface area contributed by atoms with Gasteiger partial charge in [-0.15, -0.1) is 0 Å². The van der Waals surface area contributed by atoms with Crippen molar-refractivity contribution in [3.63, 3.8) is 0 Å². The van der Waals surface area contributed by atoms with Gasteiger partial charge in [0.25, 0.3) is 5.69 Å². The van der Waals surface area contributed by atoms with Gasteiger partial charge in [0.2, 0.25) is 0 Å². The number of nitrogens with one attached hydrogen (secondary N) is 1. The maximum absolute atomic E-state index is 14.8. The minimum atomic E-state index is -0.480. The van der Waals surface area contributed by atoms with Crippen LogP contribution in [0.1, 0.15) is 35.1 Å². The lowest BCUT2D eigenvalue weighted by molar-refractivity contribution is -0.385. The molecule has 5 rings (SSSR count). The zero-order valence-corrected chi connectivity index (χ0v) is 16.7. The van der Waals surface area contributed by atoms with E-state index in [1.54, 1.807) is 0 Å². The highest BCUT2D eigenvalue weighted by molar-refractivity contribution is 5.68. The number of halogens is 1. The molecule has 0 aromatic heterocycles. The summed E-state index contributed by atoms with van der Waals surface area (Å²) in [6.45, 7) is 0.424. The van der Waals surface area contributed by atoms with Gasteiger partial charge in [-0.05, 0) is 30.0 Å². The molecule has 2 aliphatic rings. The van der Waals surface area contributed by atoms with Crippen LogP contribution in [0.25, 0.3) is 0 Å². The normalized spacial score (nSPS) is 21.1. The largest absolute Gasteiger partial charge is 0.489 e. The number of ether oxygens (including phenoxy) is 1. The Morgan fingerprint density at radius 3 is 2.65 bits per heavy atom. The number of nitro groups is 1. The molecule has 1 aliphatic heterocycles. The maximum atomic E-state index is 14.8. The number of nitrogens with zero attached hydrogens (tertiary/aromatic N) is 1. The molecule has 156 valence electrons. The van der Waals surface area contributed by atoms with Crippen molar-refractivity contribution in [2.45, 2.75) is 25.0 Å². The van der Waals surface area contributed by atoms with Gasteiger partial charge < -0.3 is 10.1 Å². The molecule has 1 heterocycles. The molecule has 0 spiro atoms. The van der Waals surface area contributed by atoms with Gasteiger partial charge in [0, 0.05) is 17.5 Å². The van der Waals surface area contributed by atoms with Gasteiger partial charge in [-0.2, -0.15) is 0 Å². The summed E-state index contributed by atoms with van der Waals surface area (Å²) < 4.78 is 20.9. The Balaban J connectivity index is 1.53. The van der Waals surface area contributed by atoms with Crippen LogP contribution < -0.4 is 10.1 Å². The van der Waals surface area contributed by atoms with Crippen LogP contribution in [-0.4, -0.2) is 4.92 Å². The van der Waals surface area contributed by atoms with Crippen molar-refractivity contribution in [1.29, 1.82) is 0 Å². The smallest absolute Gasteiger partial charge is 0.275 e. The summed E-state index contributed by atoms with van der Waals surface area (Å²) >= 11 is 0. The lowest BCUT2D eigenvalue weighted by Gasteiger charge is -2.37. The van der Waals surface area contributed by atoms with Gasteiger partial charge in [-0.25, -0.2) is 4.39 Å².